The van der Waals surface area contributed by atoms with Crippen molar-refractivity contribution in [3.05, 3.63) is 16.1 Å². The second kappa shape index (κ2) is 4.84. The van der Waals surface area contributed by atoms with E-state index < -0.39 is 0 Å². The van der Waals surface area contributed by atoms with E-state index in [0.29, 0.717) is 13.0 Å². The molecule has 0 aromatic carbocycles. The molecule has 1 aliphatic rings. The zero-order valence-electron chi connectivity index (χ0n) is 10.0. The van der Waals surface area contributed by atoms with Crippen molar-refractivity contribution in [3.8, 4) is 6.07 Å². The molecule has 2 unspecified atom stereocenters. The molecule has 2 heterocycles. The highest BCUT2D eigenvalue weighted by Gasteiger charge is 2.34. The molecule has 0 aliphatic carbocycles. The first-order valence-corrected chi connectivity index (χ1v) is 6.61. The van der Waals surface area contributed by atoms with Crippen LogP contribution in [-0.4, -0.2) is 22.3 Å². The molecule has 2 atom stereocenters. The first-order valence-electron chi connectivity index (χ1n) is 5.79. The molecule has 1 aromatic rings. The molecular weight excluding hydrogens is 234 g/mol. The monoisotopic (exact) mass is 249 g/mol. The van der Waals surface area contributed by atoms with Crippen molar-refractivity contribution in [1.29, 1.82) is 5.26 Å². The molecule has 2 rings (SSSR count). The maximum absolute atomic E-state index is 11.8. The van der Waals surface area contributed by atoms with Gasteiger partial charge in [0.1, 0.15) is 5.01 Å². The number of rotatable bonds is 3. The Balaban J connectivity index is 2.12. The van der Waals surface area contributed by atoms with Gasteiger partial charge in [-0.15, -0.1) is 11.3 Å². The number of hydrogen-bond donors (Lipinski definition) is 0. The van der Waals surface area contributed by atoms with E-state index in [2.05, 4.69) is 18.0 Å². The number of nitriles is 1. The van der Waals surface area contributed by atoms with Crippen molar-refractivity contribution in [2.45, 2.75) is 32.7 Å². The smallest absolute Gasteiger partial charge is 0.224 e. The van der Waals surface area contributed by atoms with Crippen LogP contribution in [-0.2, 0) is 11.2 Å². The van der Waals surface area contributed by atoms with Crippen LogP contribution in [0.2, 0.25) is 0 Å². The van der Waals surface area contributed by atoms with Crippen LogP contribution in [0.5, 0.6) is 0 Å². The average molecular weight is 249 g/mol. The number of aromatic nitrogens is 1. The van der Waals surface area contributed by atoms with Gasteiger partial charge in [-0.1, -0.05) is 6.92 Å². The molecule has 17 heavy (non-hydrogen) atoms. The summed E-state index contributed by atoms with van der Waals surface area (Å²) in [5, 5.41) is 9.82. The van der Waals surface area contributed by atoms with Gasteiger partial charge in [0.25, 0.3) is 0 Å². The van der Waals surface area contributed by atoms with Gasteiger partial charge >= 0.3 is 0 Å². The van der Waals surface area contributed by atoms with Crippen LogP contribution in [0.4, 0.5) is 0 Å². The van der Waals surface area contributed by atoms with Crippen molar-refractivity contribution >= 4 is 17.2 Å². The highest BCUT2D eigenvalue weighted by Crippen LogP contribution is 2.30. The standard InChI is InChI=1S/C12H15N3OS/c1-3-10-6-14-12(17-10)8(2)15-7-9(5-13)4-11(15)16/h6,8-9H,3-4,7H2,1-2H3. The minimum Gasteiger partial charge on any atom is -0.332 e. The van der Waals surface area contributed by atoms with Crippen LogP contribution in [0.3, 0.4) is 0 Å². The molecule has 5 heteroatoms. The van der Waals surface area contributed by atoms with E-state index in [9.17, 15) is 4.79 Å². The van der Waals surface area contributed by atoms with Gasteiger partial charge in [0.05, 0.1) is 18.0 Å². The fourth-order valence-electron chi connectivity index (χ4n) is 2.00. The van der Waals surface area contributed by atoms with Gasteiger partial charge in [0.2, 0.25) is 5.91 Å². The zero-order chi connectivity index (χ0) is 12.4. The minimum absolute atomic E-state index is 0.00819. The number of aryl methyl sites for hydroxylation is 1. The molecule has 0 radical (unpaired) electrons. The van der Waals surface area contributed by atoms with Crippen molar-refractivity contribution < 1.29 is 4.79 Å². The van der Waals surface area contributed by atoms with E-state index in [1.54, 1.807) is 16.2 Å². The van der Waals surface area contributed by atoms with Gasteiger partial charge in [0.15, 0.2) is 0 Å². The third-order valence-electron chi connectivity index (χ3n) is 3.09. The molecule has 0 bridgehead atoms. The van der Waals surface area contributed by atoms with Crippen molar-refractivity contribution in [1.82, 2.24) is 9.88 Å². The molecule has 0 spiro atoms. The van der Waals surface area contributed by atoms with Crippen LogP contribution in [0.1, 0.15) is 36.2 Å². The molecule has 1 aliphatic heterocycles. The second-order valence-electron chi connectivity index (χ2n) is 4.27. The average Bonchev–Trinajstić information content (AvgIpc) is 2.94. The van der Waals surface area contributed by atoms with Crippen LogP contribution >= 0.6 is 11.3 Å². The summed E-state index contributed by atoms with van der Waals surface area (Å²) in [4.78, 5) is 19.1. The largest absolute Gasteiger partial charge is 0.332 e. The molecule has 1 amide bonds. The lowest BCUT2D eigenvalue weighted by molar-refractivity contribution is -0.129. The predicted molar refractivity (Wildman–Crippen MR) is 65.3 cm³/mol. The molecule has 1 saturated heterocycles. The topological polar surface area (TPSA) is 57.0 Å². The quantitative estimate of drug-likeness (QED) is 0.824. The maximum atomic E-state index is 11.8. The SMILES string of the molecule is CCc1cnc(C(C)N2CC(C#N)CC2=O)s1. The van der Waals surface area contributed by atoms with E-state index in [1.807, 2.05) is 13.1 Å². The number of thiazole rings is 1. The van der Waals surface area contributed by atoms with Crippen LogP contribution in [0.25, 0.3) is 0 Å². The van der Waals surface area contributed by atoms with Gasteiger partial charge in [0, 0.05) is 24.0 Å². The summed E-state index contributed by atoms with van der Waals surface area (Å²) < 4.78 is 0. The van der Waals surface area contributed by atoms with Crippen LogP contribution in [0.15, 0.2) is 6.20 Å². The van der Waals surface area contributed by atoms with Gasteiger partial charge in [-0.3, -0.25) is 4.79 Å². The lowest BCUT2D eigenvalue weighted by atomic mass is 10.1. The molecular formula is C12H15N3OS. The lowest BCUT2D eigenvalue weighted by Gasteiger charge is -2.22. The summed E-state index contributed by atoms with van der Waals surface area (Å²) >= 11 is 1.65. The third-order valence-corrected chi connectivity index (χ3v) is 4.40. The fourth-order valence-corrected chi connectivity index (χ4v) is 2.93. The van der Waals surface area contributed by atoms with Crippen molar-refractivity contribution in [2.24, 2.45) is 5.92 Å². The minimum atomic E-state index is -0.157. The van der Waals surface area contributed by atoms with Crippen molar-refractivity contribution in [2.75, 3.05) is 6.54 Å². The number of amides is 1. The number of likely N-dealkylation sites (tertiary alicyclic amines) is 1. The molecule has 90 valence electrons. The first-order chi connectivity index (χ1) is 8.15. The van der Waals surface area contributed by atoms with Crippen LogP contribution in [0, 0.1) is 17.2 Å². The molecule has 0 N–H and O–H groups in total. The normalized spacial score (nSPS) is 21.6. The Labute approximate surface area is 105 Å². The van der Waals surface area contributed by atoms with E-state index in [1.165, 1.54) is 4.88 Å². The van der Waals surface area contributed by atoms with Crippen LogP contribution < -0.4 is 0 Å². The van der Waals surface area contributed by atoms with E-state index in [-0.39, 0.29) is 17.9 Å². The number of nitrogens with zero attached hydrogens (tertiary/aromatic N) is 3. The Morgan fingerprint density at radius 1 is 1.76 bits per heavy atom. The van der Waals surface area contributed by atoms with Gasteiger partial charge in [-0.05, 0) is 13.3 Å². The Bertz CT molecular complexity index is 463. The van der Waals surface area contributed by atoms with Gasteiger partial charge in [-0.25, -0.2) is 4.98 Å². The number of carbonyl (C=O) groups is 1. The molecule has 0 saturated carbocycles. The Hall–Kier alpha value is -1.41. The Morgan fingerprint density at radius 2 is 2.53 bits per heavy atom. The summed E-state index contributed by atoms with van der Waals surface area (Å²) in [6.45, 7) is 4.61. The first kappa shape index (κ1) is 12.1. The summed E-state index contributed by atoms with van der Waals surface area (Å²) in [5.74, 6) is -0.0899. The number of hydrogen-bond acceptors (Lipinski definition) is 4. The van der Waals surface area contributed by atoms with E-state index >= 15 is 0 Å². The molecule has 4 nitrogen and oxygen atoms in total. The highest BCUT2D eigenvalue weighted by molar-refractivity contribution is 7.11. The zero-order valence-corrected chi connectivity index (χ0v) is 10.8. The third kappa shape index (κ3) is 2.32. The molecule has 1 aromatic heterocycles. The van der Waals surface area contributed by atoms with E-state index in [4.69, 9.17) is 5.26 Å². The van der Waals surface area contributed by atoms with Gasteiger partial charge < -0.3 is 4.90 Å². The summed E-state index contributed by atoms with van der Waals surface area (Å²) in [6, 6.07) is 2.16. The predicted octanol–water partition coefficient (Wildman–Crippen LogP) is 2.14. The number of carbonyl (C=O) groups excluding carboxylic acids is 1. The Morgan fingerprint density at radius 3 is 3.06 bits per heavy atom. The van der Waals surface area contributed by atoms with Gasteiger partial charge in [-0.2, -0.15) is 5.26 Å². The fraction of sp³-hybridized carbons (Fsp3) is 0.583. The molecule has 1 fully saturated rings. The lowest BCUT2D eigenvalue weighted by Crippen LogP contribution is -2.28. The second-order valence-corrected chi connectivity index (χ2v) is 5.42. The summed E-state index contributed by atoms with van der Waals surface area (Å²) in [6.07, 6.45) is 3.20. The maximum Gasteiger partial charge on any atom is 0.224 e. The van der Waals surface area contributed by atoms with Crippen molar-refractivity contribution in [3.63, 3.8) is 0 Å². The highest BCUT2D eigenvalue weighted by atomic mass is 32.1. The summed E-state index contributed by atoms with van der Waals surface area (Å²) in [7, 11) is 0. The van der Waals surface area contributed by atoms with E-state index in [0.717, 1.165) is 11.4 Å². The summed E-state index contributed by atoms with van der Waals surface area (Å²) in [5.41, 5.74) is 0. The Kier molecular flexibility index (Phi) is 3.43.